The molecule has 0 unspecified atom stereocenters. The number of rotatable bonds is 8. The lowest BCUT2D eigenvalue weighted by molar-refractivity contribution is -0.141. The van der Waals surface area contributed by atoms with Crippen molar-refractivity contribution in [2.24, 2.45) is 0 Å². The van der Waals surface area contributed by atoms with Crippen LogP contribution in [0.25, 0.3) is 0 Å². The van der Waals surface area contributed by atoms with Gasteiger partial charge in [0, 0.05) is 0 Å². The summed E-state index contributed by atoms with van der Waals surface area (Å²) in [7, 11) is 0. The summed E-state index contributed by atoms with van der Waals surface area (Å²) in [6.45, 7) is -6.53. The molecule has 6 N–H and O–H groups in total. The maximum atomic E-state index is 12.2. The summed E-state index contributed by atoms with van der Waals surface area (Å²) in [6, 6.07) is -2.73. The third-order valence-electron chi connectivity index (χ3n) is 2.54. The molecule has 0 radical (unpaired) electrons. The first-order valence-electron chi connectivity index (χ1n) is 6.23. The third-order valence-corrected chi connectivity index (χ3v) is 2.54. The number of hydrogen-bond acceptors (Lipinski definition) is 8. The number of aliphatic hydroxyl groups excluding tert-OH is 4. The smallest absolute Gasteiger partial charge is 0.344 e. The van der Waals surface area contributed by atoms with E-state index in [2.05, 4.69) is 0 Å². The molecule has 0 aromatic carbocycles. The van der Waals surface area contributed by atoms with E-state index >= 15 is 0 Å². The van der Waals surface area contributed by atoms with Crippen LogP contribution in [0.4, 0.5) is 9.59 Å². The van der Waals surface area contributed by atoms with Crippen molar-refractivity contribution in [2.75, 3.05) is 40.0 Å². The molecule has 0 atom stereocenters. The number of nitrogens with zero attached hydrogens (tertiary/aromatic N) is 4. The molecule has 0 saturated heterocycles. The van der Waals surface area contributed by atoms with Crippen LogP contribution in [0.2, 0.25) is 0 Å². The first-order chi connectivity index (χ1) is 11.2. The van der Waals surface area contributed by atoms with E-state index < -0.39 is 64.0 Å². The summed E-state index contributed by atoms with van der Waals surface area (Å²) in [5.41, 5.74) is 0. The molecular formula is C10H18N4O10. The Labute approximate surface area is 134 Å². The lowest BCUT2D eigenvalue weighted by atomic mass is 10.5. The zero-order valence-electron chi connectivity index (χ0n) is 12.3. The first kappa shape index (κ1) is 21.3. The van der Waals surface area contributed by atoms with E-state index in [1.807, 2.05) is 0 Å². The number of urea groups is 2. The van der Waals surface area contributed by atoms with Gasteiger partial charge in [0.25, 0.3) is 0 Å². The van der Waals surface area contributed by atoms with Gasteiger partial charge < -0.3 is 35.5 Å². The Hall–Kier alpha value is -2.68. The summed E-state index contributed by atoms with van der Waals surface area (Å²) in [5.74, 6) is -3.12. The Morgan fingerprint density at radius 1 is 0.583 bits per heavy atom. The van der Waals surface area contributed by atoms with E-state index in [0.29, 0.717) is 4.90 Å². The molecule has 0 aromatic rings. The second-order valence-electron chi connectivity index (χ2n) is 4.11. The minimum Gasteiger partial charge on any atom is -0.480 e. The monoisotopic (exact) mass is 354 g/mol. The van der Waals surface area contributed by atoms with E-state index in [9.17, 15) is 29.4 Å². The van der Waals surface area contributed by atoms with Gasteiger partial charge in [-0.05, 0) is 0 Å². The Morgan fingerprint density at radius 3 is 1.17 bits per heavy atom. The van der Waals surface area contributed by atoms with Gasteiger partial charge in [0.2, 0.25) is 0 Å². The number of carboxylic acid groups (broad SMARTS) is 2. The fraction of sp³-hybridized carbons (Fsp3) is 0.600. The molecule has 24 heavy (non-hydrogen) atoms. The molecule has 0 spiro atoms. The van der Waals surface area contributed by atoms with Gasteiger partial charge in [0.15, 0.2) is 0 Å². The average Bonchev–Trinajstić information content (AvgIpc) is 2.51. The normalized spacial score (nSPS) is 10.0. The second-order valence-corrected chi connectivity index (χ2v) is 4.11. The molecule has 0 heterocycles. The standard InChI is InChI=1S/C10H18N4O10/c15-3-12(4-16)10(24)14(6-18)13(5-17)9(23)11(1-7(19)20)2-8(21)22/h15-18H,1-6H2,(H,19,20)(H,21,22). The number of carboxylic acids is 2. The van der Waals surface area contributed by atoms with Gasteiger partial charge in [-0.25, -0.2) is 19.6 Å². The Kier molecular flexibility index (Phi) is 9.03. The predicted molar refractivity (Wildman–Crippen MR) is 71.5 cm³/mol. The first-order valence-corrected chi connectivity index (χ1v) is 6.23. The zero-order chi connectivity index (χ0) is 18.9. The van der Waals surface area contributed by atoms with Crippen molar-refractivity contribution in [3.05, 3.63) is 0 Å². The van der Waals surface area contributed by atoms with Crippen molar-refractivity contribution in [2.45, 2.75) is 0 Å². The number of hydrogen-bond donors (Lipinski definition) is 6. The maximum Gasteiger partial charge on any atom is 0.344 e. The molecular weight excluding hydrogens is 336 g/mol. The number of hydrazine groups is 1. The van der Waals surface area contributed by atoms with Gasteiger partial charge in [0.1, 0.15) is 40.0 Å². The summed E-state index contributed by atoms with van der Waals surface area (Å²) in [5, 5.41) is 53.9. The molecule has 14 heteroatoms. The largest absolute Gasteiger partial charge is 0.480 e. The molecule has 0 aliphatic heterocycles. The highest BCUT2D eigenvalue weighted by Gasteiger charge is 2.33. The van der Waals surface area contributed by atoms with Crippen LogP contribution >= 0.6 is 0 Å². The predicted octanol–water partition coefficient (Wildman–Crippen LogP) is -3.68. The van der Waals surface area contributed by atoms with E-state index in [0.717, 1.165) is 0 Å². The maximum absolute atomic E-state index is 12.2. The van der Waals surface area contributed by atoms with Crippen molar-refractivity contribution < 1.29 is 49.8 Å². The van der Waals surface area contributed by atoms with Crippen molar-refractivity contribution in [3.8, 4) is 0 Å². The van der Waals surface area contributed by atoms with Crippen LogP contribution in [0.15, 0.2) is 0 Å². The Balaban J connectivity index is 5.48. The lowest BCUT2D eigenvalue weighted by Crippen LogP contribution is -2.59. The van der Waals surface area contributed by atoms with Gasteiger partial charge in [0.05, 0.1) is 0 Å². The summed E-state index contributed by atoms with van der Waals surface area (Å²) in [6.07, 6.45) is 0. The number of amides is 4. The van der Waals surface area contributed by atoms with Crippen LogP contribution in [0.3, 0.4) is 0 Å². The summed E-state index contributed by atoms with van der Waals surface area (Å²) >= 11 is 0. The zero-order valence-corrected chi connectivity index (χ0v) is 12.3. The van der Waals surface area contributed by atoms with Crippen LogP contribution < -0.4 is 0 Å². The van der Waals surface area contributed by atoms with Crippen LogP contribution in [-0.2, 0) is 9.59 Å². The number of aliphatic carboxylic acids is 2. The minimum atomic E-state index is -1.56. The molecule has 0 aliphatic rings. The average molecular weight is 354 g/mol. The van der Waals surface area contributed by atoms with Gasteiger partial charge in [-0.15, -0.1) is 0 Å². The fourth-order valence-electron chi connectivity index (χ4n) is 1.49. The summed E-state index contributed by atoms with van der Waals surface area (Å²) in [4.78, 5) is 46.1. The fourth-order valence-corrected chi connectivity index (χ4v) is 1.49. The lowest BCUT2D eigenvalue weighted by Gasteiger charge is -2.36. The van der Waals surface area contributed by atoms with Gasteiger partial charge in [-0.1, -0.05) is 0 Å². The van der Waals surface area contributed by atoms with Gasteiger partial charge >= 0.3 is 24.0 Å². The van der Waals surface area contributed by atoms with Gasteiger partial charge in [-0.3, -0.25) is 14.5 Å². The SMILES string of the molecule is O=C(O)CN(CC(=O)O)C(=O)N(CO)N(CO)C(=O)N(CO)CO. The highest BCUT2D eigenvalue weighted by Crippen LogP contribution is 2.07. The molecule has 0 rings (SSSR count). The quantitative estimate of drug-likeness (QED) is 0.186. The molecule has 0 saturated carbocycles. The number of carbonyl (C=O) groups excluding carboxylic acids is 2. The third kappa shape index (κ3) is 5.84. The Morgan fingerprint density at radius 2 is 0.917 bits per heavy atom. The van der Waals surface area contributed by atoms with Crippen LogP contribution in [0.1, 0.15) is 0 Å². The summed E-state index contributed by atoms with van der Waals surface area (Å²) < 4.78 is 0. The molecule has 0 aromatic heterocycles. The van der Waals surface area contributed by atoms with Crippen molar-refractivity contribution in [1.82, 2.24) is 19.8 Å². The molecule has 138 valence electrons. The molecule has 4 amide bonds. The highest BCUT2D eigenvalue weighted by molar-refractivity contribution is 5.85. The van der Waals surface area contributed by atoms with Crippen LogP contribution in [0.5, 0.6) is 0 Å². The number of aliphatic hydroxyl groups is 4. The van der Waals surface area contributed by atoms with Gasteiger partial charge in [-0.2, -0.15) is 0 Å². The number of carbonyl (C=O) groups is 4. The van der Waals surface area contributed by atoms with Crippen LogP contribution in [-0.4, -0.2) is 114 Å². The van der Waals surface area contributed by atoms with Crippen molar-refractivity contribution in [3.63, 3.8) is 0 Å². The second kappa shape index (κ2) is 10.2. The van der Waals surface area contributed by atoms with Crippen LogP contribution in [0, 0.1) is 0 Å². The van der Waals surface area contributed by atoms with E-state index in [4.69, 9.17) is 20.4 Å². The molecule has 0 fully saturated rings. The minimum absolute atomic E-state index is 0.145. The molecule has 0 bridgehead atoms. The highest BCUT2D eigenvalue weighted by atomic mass is 16.4. The molecule has 14 nitrogen and oxygen atoms in total. The van der Waals surface area contributed by atoms with E-state index in [1.165, 1.54) is 0 Å². The molecule has 0 aliphatic carbocycles. The van der Waals surface area contributed by atoms with E-state index in [1.54, 1.807) is 0 Å². The topological polar surface area (TPSA) is 203 Å². The van der Waals surface area contributed by atoms with Crippen molar-refractivity contribution >= 4 is 24.0 Å². The van der Waals surface area contributed by atoms with E-state index in [-0.39, 0.29) is 14.9 Å². The Bertz CT molecular complexity index is 453. The van der Waals surface area contributed by atoms with Crippen molar-refractivity contribution in [1.29, 1.82) is 0 Å².